The minimum atomic E-state index is -0.187. The molecular formula is C17H18N2O2S. The van der Waals surface area contributed by atoms with Crippen molar-refractivity contribution >= 4 is 35.1 Å². The summed E-state index contributed by atoms with van der Waals surface area (Å²) in [6.45, 7) is 0. The standard InChI is InChI=1S/C17H18N2O2S/c1-21-16-8-6-12(10-15(16)18)7-9-17(20)19-13-4-3-5-14(11-13)22-2/h3-11H,18H2,1-2H3,(H,19,20)/b9-7-. The molecule has 0 fully saturated rings. The molecule has 2 aromatic carbocycles. The number of benzene rings is 2. The highest BCUT2D eigenvalue weighted by Crippen LogP contribution is 2.22. The van der Waals surface area contributed by atoms with Crippen molar-refractivity contribution in [2.75, 3.05) is 24.4 Å². The van der Waals surface area contributed by atoms with Crippen LogP contribution in [0.4, 0.5) is 11.4 Å². The maximum Gasteiger partial charge on any atom is 0.248 e. The number of nitrogens with one attached hydrogen (secondary N) is 1. The van der Waals surface area contributed by atoms with Crippen molar-refractivity contribution in [1.82, 2.24) is 0 Å². The quantitative estimate of drug-likeness (QED) is 0.502. The Balaban J connectivity index is 2.03. The van der Waals surface area contributed by atoms with E-state index in [1.165, 1.54) is 6.08 Å². The summed E-state index contributed by atoms with van der Waals surface area (Å²) in [5.41, 5.74) is 7.98. The van der Waals surface area contributed by atoms with Crippen LogP contribution in [0.25, 0.3) is 6.08 Å². The number of amides is 1. The maximum atomic E-state index is 11.9. The predicted molar refractivity (Wildman–Crippen MR) is 93.3 cm³/mol. The molecule has 0 atom stereocenters. The van der Waals surface area contributed by atoms with E-state index < -0.39 is 0 Å². The average molecular weight is 314 g/mol. The summed E-state index contributed by atoms with van der Waals surface area (Å²) in [6.07, 6.45) is 5.19. The number of carbonyl (C=O) groups is 1. The van der Waals surface area contributed by atoms with E-state index >= 15 is 0 Å². The molecule has 0 bridgehead atoms. The van der Waals surface area contributed by atoms with Gasteiger partial charge in [-0.3, -0.25) is 4.79 Å². The van der Waals surface area contributed by atoms with Crippen molar-refractivity contribution < 1.29 is 9.53 Å². The number of carbonyl (C=O) groups excluding carboxylic acids is 1. The summed E-state index contributed by atoms with van der Waals surface area (Å²) in [4.78, 5) is 13.0. The third kappa shape index (κ3) is 4.30. The first-order valence-electron chi connectivity index (χ1n) is 6.69. The Labute approximate surface area is 134 Å². The monoisotopic (exact) mass is 314 g/mol. The van der Waals surface area contributed by atoms with Gasteiger partial charge in [-0.25, -0.2) is 0 Å². The lowest BCUT2D eigenvalue weighted by atomic mass is 10.1. The van der Waals surface area contributed by atoms with Gasteiger partial charge in [0.2, 0.25) is 5.91 Å². The van der Waals surface area contributed by atoms with Gasteiger partial charge in [0.25, 0.3) is 0 Å². The van der Waals surface area contributed by atoms with Crippen LogP contribution in [0.15, 0.2) is 53.4 Å². The zero-order valence-electron chi connectivity index (χ0n) is 12.5. The van der Waals surface area contributed by atoms with Crippen molar-refractivity contribution in [1.29, 1.82) is 0 Å². The fourth-order valence-corrected chi connectivity index (χ4v) is 2.37. The molecular weight excluding hydrogens is 296 g/mol. The molecule has 0 aliphatic heterocycles. The van der Waals surface area contributed by atoms with E-state index in [4.69, 9.17) is 10.5 Å². The Hall–Kier alpha value is -2.40. The molecule has 0 radical (unpaired) electrons. The highest BCUT2D eigenvalue weighted by molar-refractivity contribution is 7.98. The van der Waals surface area contributed by atoms with E-state index in [1.54, 1.807) is 37.1 Å². The molecule has 2 aromatic rings. The van der Waals surface area contributed by atoms with Crippen molar-refractivity contribution in [3.05, 3.63) is 54.1 Å². The Bertz CT molecular complexity index is 699. The maximum absolute atomic E-state index is 11.9. The predicted octanol–water partition coefficient (Wildman–Crippen LogP) is 3.65. The second-order valence-electron chi connectivity index (χ2n) is 4.56. The first-order valence-corrected chi connectivity index (χ1v) is 7.91. The molecule has 0 spiro atoms. The molecule has 22 heavy (non-hydrogen) atoms. The van der Waals surface area contributed by atoms with Gasteiger partial charge in [-0.2, -0.15) is 0 Å². The van der Waals surface area contributed by atoms with Gasteiger partial charge >= 0.3 is 0 Å². The minimum absolute atomic E-state index is 0.187. The number of methoxy groups -OCH3 is 1. The molecule has 0 heterocycles. The molecule has 1 amide bonds. The number of anilines is 2. The van der Waals surface area contributed by atoms with Crippen LogP contribution in [0, 0.1) is 0 Å². The summed E-state index contributed by atoms with van der Waals surface area (Å²) in [5, 5.41) is 2.83. The summed E-state index contributed by atoms with van der Waals surface area (Å²) < 4.78 is 5.10. The molecule has 0 aromatic heterocycles. The van der Waals surface area contributed by atoms with E-state index in [0.29, 0.717) is 11.4 Å². The second-order valence-corrected chi connectivity index (χ2v) is 5.44. The van der Waals surface area contributed by atoms with Gasteiger partial charge in [-0.05, 0) is 48.2 Å². The molecule has 3 N–H and O–H groups in total. The lowest BCUT2D eigenvalue weighted by molar-refractivity contribution is -0.111. The molecule has 0 aliphatic carbocycles. The highest BCUT2D eigenvalue weighted by Gasteiger charge is 2.01. The van der Waals surface area contributed by atoms with Crippen LogP contribution in [0.1, 0.15) is 5.56 Å². The van der Waals surface area contributed by atoms with Crippen LogP contribution in [0.3, 0.4) is 0 Å². The highest BCUT2D eigenvalue weighted by atomic mass is 32.2. The van der Waals surface area contributed by atoms with E-state index in [2.05, 4.69) is 5.32 Å². The smallest absolute Gasteiger partial charge is 0.248 e. The molecule has 5 heteroatoms. The summed E-state index contributed by atoms with van der Waals surface area (Å²) in [6, 6.07) is 13.1. The zero-order chi connectivity index (χ0) is 15.9. The van der Waals surface area contributed by atoms with Crippen molar-refractivity contribution in [2.45, 2.75) is 4.90 Å². The van der Waals surface area contributed by atoms with Crippen LogP contribution in [0.2, 0.25) is 0 Å². The SMILES string of the molecule is COc1ccc(/C=C\C(=O)Nc2cccc(SC)c2)cc1N. The van der Waals surface area contributed by atoms with Gasteiger partial charge in [0.1, 0.15) is 5.75 Å². The van der Waals surface area contributed by atoms with Crippen LogP contribution >= 0.6 is 11.8 Å². The van der Waals surface area contributed by atoms with E-state index in [-0.39, 0.29) is 5.91 Å². The molecule has 0 saturated heterocycles. The third-order valence-electron chi connectivity index (χ3n) is 3.02. The molecule has 0 unspecified atom stereocenters. The number of hydrogen-bond acceptors (Lipinski definition) is 4. The number of thioether (sulfide) groups is 1. The molecule has 0 saturated carbocycles. The van der Waals surface area contributed by atoms with Gasteiger partial charge in [0, 0.05) is 16.7 Å². The van der Waals surface area contributed by atoms with Crippen LogP contribution < -0.4 is 15.8 Å². The molecule has 114 valence electrons. The van der Waals surface area contributed by atoms with Crippen LogP contribution in [-0.4, -0.2) is 19.3 Å². The van der Waals surface area contributed by atoms with Gasteiger partial charge in [0.15, 0.2) is 0 Å². The zero-order valence-corrected chi connectivity index (χ0v) is 13.3. The van der Waals surface area contributed by atoms with Crippen molar-refractivity contribution in [2.24, 2.45) is 0 Å². The van der Waals surface area contributed by atoms with Gasteiger partial charge < -0.3 is 15.8 Å². The lowest BCUT2D eigenvalue weighted by Crippen LogP contribution is -2.07. The summed E-state index contributed by atoms with van der Waals surface area (Å²) in [5.74, 6) is 0.433. The van der Waals surface area contributed by atoms with Crippen LogP contribution in [-0.2, 0) is 4.79 Å². The van der Waals surface area contributed by atoms with E-state index in [1.807, 2.05) is 36.6 Å². The first kappa shape index (κ1) is 16.0. The lowest BCUT2D eigenvalue weighted by Gasteiger charge is -2.05. The molecule has 4 nitrogen and oxygen atoms in total. The van der Waals surface area contributed by atoms with Gasteiger partial charge in [-0.15, -0.1) is 11.8 Å². The summed E-state index contributed by atoms with van der Waals surface area (Å²) in [7, 11) is 1.57. The Morgan fingerprint density at radius 2 is 2.09 bits per heavy atom. The Morgan fingerprint density at radius 1 is 1.27 bits per heavy atom. The number of ether oxygens (including phenoxy) is 1. The van der Waals surface area contributed by atoms with Crippen molar-refractivity contribution in [3.63, 3.8) is 0 Å². The van der Waals surface area contributed by atoms with E-state index in [0.717, 1.165) is 16.1 Å². The van der Waals surface area contributed by atoms with Gasteiger partial charge in [-0.1, -0.05) is 12.1 Å². The number of nitrogens with two attached hydrogens (primary N) is 1. The number of nitrogen functional groups attached to an aromatic ring is 1. The normalized spacial score (nSPS) is 10.6. The Kier molecular flexibility index (Phi) is 5.49. The number of rotatable bonds is 5. The number of hydrogen-bond donors (Lipinski definition) is 2. The molecule has 2 rings (SSSR count). The average Bonchev–Trinajstić information content (AvgIpc) is 2.53. The first-order chi connectivity index (χ1) is 10.6. The fraction of sp³-hybridized carbons (Fsp3) is 0.118. The third-order valence-corrected chi connectivity index (χ3v) is 3.74. The summed E-state index contributed by atoms with van der Waals surface area (Å²) >= 11 is 1.63. The van der Waals surface area contributed by atoms with Crippen LogP contribution in [0.5, 0.6) is 5.75 Å². The minimum Gasteiger partial charge on any atom is -0.495 e. The Morgan fingerprint density at radius 3 is 2.77 bits per heavy atom. The fourth-order valence-electron chi connectivity index (χ4n) is 1.91. The topological polar surface area (TPSA) is 64.3 Å². The largest absolute Gasteiger partial charge is 0.495 e. The van der Waals surface area contributed by atoms with E-state index in [9.17, 15) is 4.79 Å². The van der Waals surface area contributed by atoms with Gasteiger partial charge in [0.05, 0.1) is 12.8 Å². The molecule has 0 aliphatic rings. The second kappa shape index (κ2) is 7.56. The van der Waals surface area contributed by atoms with Crippen molar-refractivity contribution in [3.8, 4) is 5.75 Å².